The van der Waals surface area contributed by atoms with Gasteiger partial charge in [0.15, 0.2) is 0 Å². The molecular weight excluding hydrogens is 216 g/mol. The first kappa shape index (κ1) is 14.2. The monoisotopic (exact) mass is 230 g/mol. The van der Waals surface area contributed by atoms with Crippen molar-refractivity contribution in [2.75, 3.05) is 0 Å². The Labute approximate surface area is 92.0 Å². The molecule has 0 aromatic rings. The van der Waals surface area contributed by atoms with E-state index in [2.05, 4.69) is 4.99 Å². The summed E-state index contributed by atoms with van der Waals surface area (Å²) in [6.07, 6.45) is -0.574. The van der Waals surface area contributed by atoms with Crippen molar-refractivity contribution in [3.63, 3.8) is 0 Å². The Morgan fingerprint density at radius 1 is 1.25 bits per heavy atom. The first-order valence-corrected chi connectivity index (χ1v) is 4.60. The summed E-state index contributed by atoms with van der Waals surface area (Å²) in [6, 6.07) is -1.00. The molecule has 4 N–H and O–H groups in total. The number of rotatable bonds is 6. The van der Waals surface area contributed by atoms with Crippen LogP contribution in [0, 0.1) is 0 Å². The van der Waals surface area contributed by atoms with Crippen molar-refractivity contribution in [1.82, 2.24) is 0 Å². The van der Waals surface area contributed by atoms with Gasteiger partial charge in [0.25, 0.3) is 5.91 Å². The Hall–Kier alpha value is -1.76. The van der Waals surface area contributed by atoms with Crippen LogP contribution < -0.4 is 5.73 Å². The number of carboxylic acid groups (broad SMARTS) is 2. The minimum absolute atomic E-state index is 0.0159. The second kappa shape index (κ2) is 6.67. The molecule has 7 heteroatoms. The van der Waals surface area contributed by atoms with Crippen LogP contribution in [0.25, 0.3) is 0 Å². The Morgan fingerprint density at radius 2 is 1.81 bits per heavy atom. The van der Waals surface area contributed by atoms with Gasteiger partial charge in [-0.05, 0) is 13.3 Å². The molecule has 1 amide bonds. The predicted octanol–water partition coefficient (Wildman–Crippen LogP) is -0.359. The SMILES string of the molecule is CC(CC(=O)O)=NC(=O)C(N)CCC(=O)O. The highest BCUT2D eigenvalue weighted by molar-refractivity contribution is 6.03. The molecule has 0 aliphatic carbocycles. The number of aliphatic carboxylic acids is 2. The molecule has 0 aliphatic heterocycles. The summed E-state index contributed by atoms with van der Waals surface area (Å²) in [5, 5.41) is 16.8. The Morgan fingerprint density at radius 3 is 2.25 bits per heavy atom. The Bertz CT molecular complexity index is 324. The van der Waals surface area contributed by atoms with Crippen LogP contribution in [-0.4, -0.2) is 39.8 Å². The Balaban J connectivity index is 4.22. The molecule has 0 aromatic heterocycles. The van der Waals surface area contributed by atoms with E-state index in [0.29, 0.717) is 0 Å². The van der Waals surface area contributed by atoms with Gasteiger partial charge in [-0.15, -0.1) is 0 Å². The predicted molar refractivity (Wildman–Crippen MR) is 55.2 cm³/mol. The quantitative estimate of drug-likeness (QED) is 0.534. The van der Waals surface area contributed by atoms with Gasteiger partial charge in [0, 0.05) is 12.1 Å². The fourth-order valence-electron chi connectivity index (χ4n) is 0.932. The molecule has 0 fully saturated rings. The van der Waals surface area contributed by atoms with Crippen molar-refractivity contribution in [3.05, 3.63) is 0 Å². The average Bonchev–Trinajstić information content (AvgIpc) is 2.12. The van der Waals surface area contributed by atoms with Crippen molar-refractivity contribution in [3.8, 4) is 0 Å². The second-order valence-corrected chi connectivity index (χ2v) is 3.29. The van der Waals surface area contributed by atoms with Crippen molar-refractivity contribution >= 4 is 23.6 Å². The van der Waals surface area contributed by atoms with E-state index in [1.54, 1.807) is 0 Å². The van der Waals surface area contributed by atoms with Crippen molar-refractivity contribution in [1.29, 1.82) is 0 Å². The number of carbonyl (C=O) groups is 3. The normalized spacial score (nSPS) is 13.2. The van der Waals surface area contributed by atoms with Gasteiger partial charge in [0.2, 0.25) is 0 Å². The number of hydrogen-bond acceptors (Lipinski definition) is 4. The van der Waals surface area contributed by atoms with Crippen LogP contribution in [0.1, 0.15) is 26.2 Å². The lowest BCUT2D eigenvalue weighted by molar-refractivity contribution is -0.137. The van der Waals surface area contributed by atoms with E-state index in [1.165, 1.54) is 6.92 Å². The summed E-state index contributed by atoms with van der Waals surface area (Å²) in [7, 11) is 0. The number of nitrogens with zero attached hydrogens (tertiary/aromatic N) is 1. The number of hydrogen-bond donors (Lipinski definition) is 3. The molecule has 0 aromatic carbocycles. The summed E-state index contributed by atoms with van der Waals surface area (Å²) < 4.78 is 0. The van der Waals surface area contributed by atoms with Gasteiger partial charge < -0.3 is 15.9 Å². The number of nitrogens with two attached hydrogens (primary N) is 1. The first-order valence-electron chi connectivity index (χ1n) is 4.60. The topological polar surface area (TPSA) is 130 Å². The largest absolute Gasteiger partial charge is 0.481 e. The molecule has 1 unspecified atom stereocenters. The summed E-state index contributed by atoms with van der Waals surface area (Å²) in [5.74, 6) is -2.83. The standard InChI is InChI=1S/C9H14N2O5/c1-5(4-8(14)15)11-9(16)6(10)2-3-7(12)13/h6H,2-4,10H2,1H3,(H,12,13)(H,14,15). The molecule has 7 nitrogen and oxygen atoms in total. The number of carbonyl (C=O) groups excluding carboxylic acids is 1. The average molecular weight is 230 g/mol. The number of amides is 1. The van der Waals surface area contributed by atoms with Crippen molar-refractivity contribution in [2.45, 2.75) is 32.2 Å². The lowest BCUT2D eigenvalue weighted by atomic mass is 10.1. The summed E-state index contributed by atoms with van der Waals surface area (Å²) >= 11 is 0. The molecule has 0 saturated heterocycles. The molecule has 1 atom stereocenters. The molecule has 16 heavy (non-hydrogen) atoms. The highest BCUT2D eigenvalue weighted by Crippen LogP contribution is 1.98. The van der Waals surface area contributed by atoms with Gasteiger partial charge in [-0.1, -0.05) is 0 Å². The van der Waals surface area contributed by atoms with E-state index in [-0.39, 0.29) is 25.0 Å². The smallest absolute Gasteiger partial charge is 0.309 e. The number of aliphatic imine (C=N–C) groups is 1. The van der Waals surface area contributed by atoms with Gasteiger partial charge in [-0.2, -0.15) is 0 Å². The molecule has 0 bridgehead atoms. The molecule has 0 heterocycles. The van der Waals surface area contributed by atoms with E-state index in [4.69, 9.17) is 15.9 Å². The van der Waals surface area contributed by atoms with E-state index in [0.717, 1.165) is 0 Å². The van der Waals surface area contributed by atoms with Crippen LogP contribution in [0.2, 0.25) is 0 Å². The maximum absolute atomic E-state index is 11.2. The van der Waals surface area contributed by atoms with Crippen molar-refractivity contribution < 1.29 is 24.6 Å². The zero-order chi connectivity index (χ0) is 12.7. The fraction of sp³-hybridized carbons (Fsp3) is 0.556. The second-order valence-electron chi connectivity index (χ2n) is 3.29. The van der Waals surface area contributed by atoms with Crippen LogP contribution in [0.15, 0.2) is 4.99 Å². The van der Waals surface area contributed by atoms with E-state index in [1.807, 2.05) is 0 Å². The van der Waals surface area contributed by atoms with Crippen molar-refractivity contribution in [2.24, 2.45) is 10.7 Å². The lowest BCUT2D eigenvalue weighted by Gasteiger charge is -2.05. The third kappa shape index (κ3) is 6.66. The lowest BCUT2D eigenvalue weighted by Crippen LogP contribution is -2.30. The van der Waals surface area contributed by atoms with Gasteiger partial charge in [0.05, 0.1) is 12.5 Å². The molecular formula is C9H14N2O5. The van der Waals surface area contributed by atoms with E-state index >= 15 is 0 Å². The first-order chi connectivity index (χ1) is 7.32. The molecule has 0 radical (unpaired) electrons. The zero-order valence-electron chi connectivity index (χ0n) is 8.84. The zero-order valence-corrected chi connectivity index (χ0v) is 8.84. The maximum Gasteiger partial charge on any atom is 0.309 e. The fourth-order valence-corrected chi connectivity index (χ4v) is 0.932. The third-order valence-electron chi connectivity index (χ3n) is 1.69. The van der Waals surface area contributed by atoms with Gasteiger partial charge in [-0.3, -0.25) is 14.4 Å². The molecule has 0 spiro atoms. The van der Waals surface area contributed by atoms with E-state index < -0.39 is 23.9 Å². The number of carboxylic acids is 2. The Kier molecular flexibility index (Phi) is 5.94. The van der Waals surface area contributed by atoms with Gasteiger partial charge in [0.1, 0.15) is 0 Å². The molecule has 0 aliphatic rings. The highest BCUT2D eigenvalue weighted by atomic mass is 16.4. The van der Waals surface area contributed by atoms with Gasteiger partial charge >= 0.3 is 11.9 Å². The third-order valence-corrected chi connectivity index (χ3v) is 1.69. The van der Waals surface area contributed by atoms with Crippen LogP contribution in [-0.2, 0) is 14.4 Å². The molecule has 0 rings (SSSR count). The minimum atomic E-state index is -1.09. The summed E-state index contributed by atoms with van der Waals surface area (Å²) in [6.45, 7) is 1.40. The molecule has 90 valence electrons. The van der Waals surface area contributed by atoms with Crippen LogP contribution in [0.4, 0.5) is 0 Å². The molecule has 0 saturated carbocycles. The maximum atomic E-state index is 11.2. The van der Waals surface area contributed by atoms with Crippen LogP contribution >= 0.6 is 0 Å². The summed E-state index contributed by atoms with van der Waals surface area (Å²) in [5.41, 5.74) is 5.52. The van der Waals surface area contributed by atoms with E-state index in [9.17, 15) is 14.4 Å². The highest BCUT2D eigenvalue weighted by Gasteiger charge is 2.14. The van der Waals surface area contributed by atoms with Gasteiger partial charge in [-0.25, -0.2) is 4.99 Å². The van der Waals surface area contributed by atoms with Crippen LogP contribution in [0.3, 0.4) is 0 Å². The minimum Gasteiger partial charge on any atom is -0.481 e. The van der Waals surface area contributed by atoms with Crippen LogP contribution in [0.5, 0.6) is 0 Å². The summed E-state index contributed by atoms with van der Waals surface area (Å²) in [4.78, 5) is 35.2.